The van der Waals surface area contributed by atoms with E-state index in [4.69, 9.17) is 4.74 Å². The number of ether oxygens (including phenoxy) is 1. The lowest BCUT2D eigenvalue weighted by atomic mass is 9.78. The molecule has 4 heteroatoms. The first-order valence-corrected chi connectivity index (χ1v) is 6.14. The molecule has 1 N–H and O–H groups in total. The van der Waals surface area contributed by atoms with Gasteiger partial charge in [-0.15, -0.1) is 0 Å². The summed E-state index contributed by atoms with van der Waals surface area (Å²) in [7, 11) is 0. The molecular formula is C14H18FNO2. The summed E-state index contributed by atoms with van der Waals surface area (Å²) in [6, 6.07) is 5.66. The molecule has 1 fully saturated rings. The van der Waals surface area contributed by atoms with E-state index in [0.717, 1.165) is 6.54 Å². The van der Waals surface area contributed by atoms with E-state index >= 15 is 0 Å². The van der Waals surface area contributed by atoms with Crippen molar-refractivity contribution >= 4 is 5.78 Å². The summed E-state index contributed by atoms with van der Waals surface area (Å²) in [5.74, 6) is -0.351. The molecule has 0 amide bonds. The maximum Gasteiger partial charge on any atom is 0.171 e. The van der Waals surface area contributed by atoms with Crippen molar-refractivity contribution in [3.8, 4) is 0 Å². The van der Waals surface area contributed by atoms with Gasteiger partial charge in [0.1, 0.15) is 5.82 Å². The lowest BCUT2D eigenvalue weighted by Crippen LogP contribution is -2.49. The Morgan fingerprint density at radius 2 is 2.06 bits per heavy atom. The largest absolute Gasteiger partial charge is 0.375 e. The fraction of sp³-hybridized carbons (Fsp3) is 0.500. The van der Waals surface area contributed by atoms with Gasteiger partial charge in [-0.25, -0.2) is 4.39 Å². The Balaban J connectivity index is 2.17. The standard InChI is InChI=1S/C14H18FNO2/c1-14(2,12-9-16-7-8-18-12)13(17)10-3-5-11(15)6-4-10/h3-6,12,16H,7-9H2,1-2H3. The molecule has 98 valence electrons. The Hall–Kier alpha value is -1.26. The van der Waals surface area contributed by atoms with Crippen LogP contribution in [0.15, 0.2) is 24.3 Å². The summed E-state index contributed by atoms with van der Waals surface area (Å²) in [5.41, 5.74) is -0.0961. The van der Waals surface area contributed by atoms with E-state index < -0.39 is 5.41 Å². The molecule has 0 radical (unpaired) electrons. The van der Waals surface area contributed by atoms with Crippen LogP contribution in [0.1, 0.15) is 24.2 Å². The molecule has 1 heterocycles. The number of hydrogen-bond acceptors (Lipinski definition) is 3. The van der Waals surface area contributed by atoms with Gasteiger partial charge in [-0.1, -0.05) is 0 Å². The molecule has 0 saturated carbocycles. The summed E-state index contributed by atoms with van der Waals surface area (Å²) < 4.78 is 18.5. The number of carbonyl (C=O) groups excluding carboxylic acids is 1. The normalized spacial score (nSPS) is 20.7. The molecule has 1 unspecified atom stereocenters. The van der Waals surface area contributed by atoms with Crippen LogP contribution in [0.2, 0.25) is 0 Å². The fourth-order valence-electron chi connectivity index (χ4n) is 2.15. The van der Waals surface area contributed by atoms with E-state index in [1.54, 1.807) is 0 Å². The maximum atomic E-state index is 12.9. The molecule has 0 aromatic heterocycles. The molecule has 1 atom stereocenters. The lowest BCUT2D eigenvalue weighted by Gasteiger charge is -2.35. The van der Waals surface area contributed by atoms with Gasteiger partial charge in [-0.2, -0.15) is 0 Å². The van der Waals surface area contributed by atoms with E-state index in [9.17, 15) is 9.18 Å². The van der Waals surface area contributed by atoms with Crippen molar-refractivity contribution in [2.45, 2.75) is 20.0 Å². The molecule has 1 saturated heterocycles. The van der Waals surface area contributed by atoms with Crippen molar-refractivity contribution in [2.75, 3.05) is 19.7 Å². The molecule has 0 aliphatic carbocycles. The summed E-state index contributed by atoms with van der Waals surface area (Å²) in [4.78, 5) is 12.4. The average Bonchev–Trinajstić information content (AvgIpc) is 2.40. The molecule has 1 aromatic rings. The van der Waals surface area contributed by atoms with Gasteiger partial charge in [0, 0.05) is 18.7 Å². The Kier molecular flexibility index (Phi) is 3.78. The van der Waals surface area contributed by atoms with Crippen molar-refractivity contribution < 1.29 is 13.9 Å². The highest BCUT2D eigenvalue weighted by Crippen LogP contribution is 2.29. The topological polar surface area (TPSA) is 38.3 Å². The smallest absolute Gasteiger partial charge is 0.171 e. The van der Waals surface area contributed by atoms with Gasteiger partial charge in [0.05, 0.1) is 18.1 Å². The fourth-order valence-corrected chi connectivity index (χ4v) is 2.15. The summed E-state index contributed by atoms with van der Waals surface area (Å²) in [5, 5.41) is 3.22. The summed E-state index contributed by atoms with van der Waals surface area (Å²) in [6.45, 7) is 5.84. The van der Waals surface area contributed by atoms with Gasteiger partial charge in [-0.05, 0) is 38.1 Å². The third kappa shape index (κ3) is 2.60. The Bertz CT molecular complexity index is 422. The zero-order valence-corrected chi connectivity index (χ0v) is 10.7. The predicted molar refractivity (Wildman–Crippen MR) is 67.1 cm³/mol. The van der Waals surface area contributed by atoms with Crippen LogP contribution in [0, 0.1) is 11.2 Å². The van der Waals surface area contributed by atoms with Crippen LogP contribution in [0.5, 0.6) is 0 Å². The number of carbonyl (C=O) groups is 1. The van der Waals surface area contributed by atoms with Gasteiger partial charge in [0.25, 0.3) is 0 Å². The summed E-state index contributed by atoms with van der Waals surface area (Å²) >= 11 is 0. The van der Waals surface area contributed by atoms with Gasteiger partial charge in [0.15, 0.2) is 5.78 Å². The number of benzene rings is 1. The number of rotatable bonds is 3. The first kappa shape index (κ1) is 13.2. The maximum absolute atomic E-state index is 12.9. The molecule has 2 rings (SSSR count). The van der Waals surface area contributed by atoms with E-state index in [2.05, 4.69) is 5.32 Å². The van der Waals surface area contributed by atoms with E-state index in [0.29, 0.717) is 18.7 Å². The number of ketones is 1. The molecule has 1 aromatic carbocycles. The predicted octanol–water partition coefficient (Wildman–Crippen LogP) is 2.02. The van der Waals surface area contributed by atoms with Gasteiger partial charge >= 0.3 is 0 Å². The van der Waals surface area contributed by atoms with E-state index in [-0.39, 0.29) is 17.7 Å². The van der Waals surface area contributed by atoms with Crippen molar-refractivity contribution in [1.82, 2.24) is 5.32 Å². The van der Waals surface area contributed by atoms with Crippen LogP contribution >= 0.6 is 0 Å². The van der Waals surface area contributed by atoms with Gasteiger partial charge in [0.2, 0.25) is 0 Å². The monoisotopic (exact) mass is 251 g/mol. The molecular weight excluding hydrogens is 233 g/mol. The number of hydrogen-bond donors (Lipinski definition) is 1. The molecule has 3 nitrogen and oxygen atoms in total. The third-order valence-corrected chi connectivity index (χ3v) is 3.42. The average molecular weight is 251 g/mol. The Morgan fingerprint density at radius 1 is 1.39 bits per heavy atom. The van der Waals surface area contributed by atoms with E-state index in [1.807, 2.05) is 13.8 Å². The van der Waals surface area contributed by atoms with Crippen LogP contribution in [-0.2, 0) is 4.74 Å². The summed E-state index contributed by atoms with van der Waals surface area (Å²) in [6.07, 6.45) is -0.149. The second-order valence-corrected chi connectivity index (χ2v) is 5.12. The zero-order chi connectivity index (χ0) is 13.2. The molecule has 18 heavy (non-hydrogen) atoms. The second-order valence-electron chi connectivity index (χ2n) is 5.12. The van der Waals surface area contributed by atoms with Crippen molar-refractivity contribution in [3.05, 3.63) is 35.6 Å². The Labute approximate surface area is 106 Å². The van der Waals surface area contributed by atoms with Gasteiger partial charge in [-0.3, -0.25) is 4.79 Å². The minimum atomic E-state index is -0.620. The second kappa shape index (κ2) is 5.16. The Morgan fingerprint density at radius 3 is 2.61 bits per heavy atom. The minimum absolute atomic E-state index is 0.0174. The van der Waals surface area contributed by atoms with Crippen molar-refractivity contribution in [1.29, 1.82) is 0 Å². The molecule has 0 bridgehead atoms. The number of morpholine rings is 1. The van der Waals surface area contributed by atoms with Crippen LogP contribution in [0.25, 0.3) is 0 Å². The van der Waals surface area contributed by atoms with Gasteiger partial charge < -0.3 is 10.1 Å². The zero-order valence-electron chi connectivity index (χ0n) is 10.7. The first-order valence-electron chi connectivity index (χ1n) is 6.14. The minimum Gasteiger partial charge on any atom is -0.375 e. The third-order valence-electron chi connectivity index (χ3n) is 3.42. The van der Waals surface area contributed by atoms with Crippen LogP contribution in [0.4, 0.5) is 4.39 Å². The number of Topliss-reactive ketones (excluding diaryl/α,β-unsaturated/α-hetero) is 1. The first-order chi connectivity index (χ1) is 8.51. The SMILES string of the molecule is CC(C)(C(=O)c1ccc(F)cc1)C1CNCCO1. The van der Waals surface area contributed by atoms with Crippen LogP contribution < -0.4 is 5.32 Å². The molecule has 1 aliphatic heterocycles. The van der Waals surface area contributed by atoms with Crippen LogP contribution in [-0.4, -0.2) is 31.6 Å². The molecule has 0 spiro atoms. The van der Waals surface area contributed by atoms with Crippen molar-refractivity contribution in [3.63, 3.8) is 0 Å². The lowest BCUT2D eigenvalue weighted by molar-refractivity contribution is -0.0324. The van der Waals surface area contributed by atoms with E-state index in [1.165, 1.54) is 24.3 Å². The number of halogens is 1. The van der Waals surface area contributed by atoms with Crippen molar-refractivity contribution in [2.24, 2.45) is 5.41 Å². The van der Waals surface area contributed by atoms with Crippen LogP contribution in [0.3, 0.4) is 0 Å². The highest BCUT2D eigenvalue weighted by atomic mass is 19.1. The quantitative estimate of drug-likeness (QED) is 0.835. The molecule has 1 aliphatic rings. The highest BCUT2D eigenvalue weighted by molar-refractivity contribution is 6.00. The number of nitrogens with one attached hydrogen (secondary N) is 1. The highest BCUT2D eigenvalue weighted by Gasteiger charge is 2.38.